The van der Waals surface area contributed by atoms with E-state index in [-0.39, 0.29) is 18.3 Å². The third-order valence-electron chi connectivity index (χ3n) is 9.50. The van der Waals surface area contributed by atoms with Gasteiger partial charge in [-0.25, -0.2) is 14.6 Å². The van der Waals surface area contributed by atoms with E-state index >= 15 is 0 Å². The summed E-state index contributed by atoms with van der Waals surface area (Å²) >= 11 is 6.47. The predicted octanol–water partition coefficient (Wildman–Crippen LogP) is 5.20. The van der Waals surface area contributed by atoms with Gasteiger partial charge in [-0.05, 0) is 81.0 Å². The van der Waals surface area contributed by atoms with Crippen LogP contribution in [0.15, 0.2) is 43.1 Å². The van der Waals surface area contributed by atoms with Crippen LogP contribution in [-0.4, -0.2) is 102 Å². The van der Waals surface area contributed by atoms with Gasteiger partial charge in [0.05, 0.1) is 55.8 Å². The van der Waals surface area contributed by atoms with Gasteiger partial charge in [-0.1, -0.05) is 17.7 Å². The molecule has 1 aliphatic carbocycles. The van der Waals surface area contributed by atoms with Crippen molar-refractivity contribution in [2.45, 2.75) is 89.8 Å². The van der Waals surface area contributed by atoms with Gasteiger partial charge in [-0.3, -0.25) is 9.58 Å². The van der Waals surface area contributed by atoms with Crippen LogP contribution in [-0.2, 0) is 16.0 Å². The third-order valence-corrected chi connectivity index (χ3v) is 9.81. The summed E-state index contributed by atoms with van der Waals surface area (Å²) in [4.78, 5) is 11.9. The number of morpholine rings is 1. The number of nitrogens with one attached hydrogen (secondary N) is 1. The van der Waals surface area contributed by atoms with Gasteiger partial charge in [0.15, 0.2) is 0 Å². The minimum absolute atomic E-state index is 0.203. The standard InChI is InChI=1S/C34H45ClN10O4/c1-22-15-43(16-23(2)48-22)28-5-7-29(8-6-28)45-18-31(33(40-45)47-11-10-25-19-46-20-25)39-34-36-13-27(14-37-34)26-4-9-30(35)32(12-26)49-24(3)17-44-21-38-41-42-44/h4,9,12-14,18,21-25,28-29H,5-8,10-11,15-17,19-20H2,1-3H3,(H,36,37,39)/t22-,23+,24-,28?,29?/m0/s1. The number of halogens is 1. The van der Waals surface area contributed by atoms with E-state index in [1.807, 2.05) is 31.3 Å². The molecule has 1 aromatic carbocycles. The van der Waals surface area contributed by atoms with Crippen LogP contribution in [0.3, 0.4) is 0 Å². The van der Waals surface area contributed by atoms with E-state index in [0.717, 1.165) is 75.2 Å². The van der Waals surface area contributed by atoms with Crippen molar-refractivity contribution in [3.05, 3.63) is 48.1 Å². The van der Waals surface area contributed by atoms with Crippen molar-refractivity contribution in [2.24, 2.45) is 5.92 Å². The van der Waals surface area contributed by atoms with Crippen LogP contribution in [0.1, 0.15) is 58.9 Å². The second kappa shape index (κ2) is 15.4. The summed E-state index contributed by atoms with van der Waals surface area (Å²) in [5.74, 6) is 2.14. The fourth-order valence-electron chi connectivity index (χ4n) is 6.95. The summed E-state index contributed by atoms with van der Waals surface area (Å²) in [6.45, 7) is 11.0. The molecule has 1 N–H and O–H groups in total. The molecule has 4 aromatic rings. The van der Waals surface area contributed by atoms with Crippen molar-refractivity contribution in [3.63, 3.8) is 0 Å². The molecule has 2 aliphatic heterocycles. The number of hydrogen-bond acceptors (Lipinski definition) is 12. The largest absolute Gasteiger partial charge is 0.487 e. The van der Waals surface area contributed by atoms with Crippen molar-refractivity contribution in [2.75, 3.05) is 38.2 Å². The summed E-state index contributed by atoms with van der Waals surface area (Å²) in [6, 6.07) is 6.53. The zero-order valence-electron chi connectivity index (χ0n) is 28.3. The summed E-state index contributed by atoms with van der Waals surface area (Å²) in [6.07, 6.45) is 12.9. The fourth-order valence-corrected chi connectivity index (χ4v) is 7.11. The van der Waals surface area contributed by atoms with E-state index < -0.39 is 0 Å². The predicted molar refractivity (Wildman–Crippen MR) is 183 cm³/mol. The van der Waals surface area contributed by atoms with Crippen LogP contribution in [0, 0.1) is 5.92 Å². The Balaban J connectivity index is 1.01. The molecule has 3 atom stereocenters. The first-order chi connectivity index (χ1) is 23.9. The monoisotopic (exact) mass is 692 g/mol. The lowest BCUT2D eigenvalue weighted by atomic mass is 9.89. The number of ether oxygens (including phenoxy) is 4. The van der Waals surface area contributed by atoms with Crippen molar-refractivity contribution in [1.82, 2.24) is 44.9 Å². The first kappa shape index (κ1) is 33.6. The maximum Gasteiger partial charge on any atom is 0.256 e. The molecule has 3 fully saturated rings. The molecule has 0 spiro atoms. The number of rotatable bonds is 13. The number of tetrazole rings is 1. The van der Waals surface area contributed by atoms with Crippen molar-refractivity contribution in [3.8, 4) is 22.8 Å². The fraction of sp³-hybridized carbons (Fsp3) is 0.588. The van der Waals surface area contributed by atoms with Gasteiger partial charge < -0.3 is 24.3 Å². The highest BCUT2D eigenvalue weighted by atomic mass is 35.5. The molecule has 262 valence electrons. The SMILES string of the molecule is C[C@@H]1CN(C2CCC(n3cc(Nc4ncc(-c5ccc(Cl)c(O[C@@H](C)Cn6cnnn6)c5)cn4)c(OCCC4COC4)n3)CC2)C[C@H](C)O1. The highest BCUT2D eigenvalue weighted by Crippen LogP contribution is 2.36. The number of aromatic nitrogens is 8. The van der Waals surface area contributed by atoms with Crippen LogP contribution in [0.4, 0.5) is 11.6 Å². The number of hydrogen-bond donors (Lipinski definition) is 1. The molecule has 0 unspecified atom stereocenters. The first-order valence-electron chi connectivity index (χ1n) is 17.3. The molecule has 5 heterocycles. The minimum Gasteiger partial charge on any atom is -0.487 e. The number of nitrogens with zero attached hydrogens (tertiary/aromatic N) is 9. The van der Waals surface area contributed by atoms with Crippen LogP contribution in [0.25, 0.3) is 11.1 Å². The second-order valence-electron chi connectivity index (χ2n) is 13.6. The lowest BCUT2D eigenvalue weighted by molar-refractivity contribution is -0.0852. The summed E-state index contributed by atoms with van der Waals surface area (Å²) in [5, 5.41) is 20.1. The quantitative estimate of drug-likeness (QED) is 0.197. The zero-order valence-corrected chi connectivity index (χ0v) is 29.1. The van der Waals surface area contributed by atoms with Gasteiger partial charge in [0.25, 0.3) is 5.88 Å². The third kappa shape index (κ3) is 8.48. The Labute approximate surface area is 291 Å². The summed E-state index contributed by atoms with van der Waals surface area (Å²) in [5.41, 5.74) is 2.47. The smallest absolute Gasteiger partial charge is 0.256 e. The molecular weight excluding hydrogens is 648 g/mol. The molecule has 1 saturated carbocycles. The van der Waals surface area contributed by atoms with Crippen LogP contribution in [0.2, 0.25) is 5.02 Å². The molecule has 0 amide bonds. The molecular formula is C34H45ClN10O4. The van der Waals surface area contributed by atoms with Crippen LogP contribution >= 0.6 is 11.6 Å². The highest BCUT2D eigenvalue weighted by Gasteiger charge is 2.32. The summed E-state index contributed by atoms with van der Waals surface area (Å²) < 4.78 is 27.4. The Morgan fingerprint density at radius 3 is 2.47 bits per heavy atom. The maximum absolute atomic E-state index is 6.47. The van der Waals surface area contributed by atoms with Crippen LogP contribution in [0.5, 0.6) is 11.6 Å². The van der Waals surface area contributed by atoms with Gasteiger partial charge in [-0.2, -0.15) is 0 Å². The molecule has 0 bridgehead atoms. The Morgan fingerprint density at radius 2 is 1.78 bits per heavy atom. The molecule has 0 radical (unpaired) electrons. The van der Waals surface area contributed by atoms with Gasteiger partial charge >= 0.3 is 0 Å². The number of benzene rings is 1. The average molecular weight is 693 g/mol. The molecule has 3 aromatic heterocycles. The van der Waals surface area contributed by atoms with Gasteiger partial charge in [0.1, 0.15) is 23.9 Å². The van der Waals surface area contributed by atoms with Crippen molar-refractivity contribution in [1.29, 1.82) is 0 Å². The minimum atomic E-state index is -0.203. The molecule has 2 saturated heterocycles. The van der Waals surface area contributed by atoms with Gasteiger partial charge in [-0.15, -0.1) is 10.2 Å². The van der Waals surface area contributed by atoms with E-state index in [1.54, 1.807) is 23.4 Å². The number of anilines is 2. The van der Waals surface area contributed by atoms with E-state index in [2.05, 4.69) is 54.2 Å². The zero-order chi connectivity index (χ0) is 33.7. The summed E-state index contributed by atoms with van der Waals surface area (Å²) in [7, 11) is 0. The average Bonchev–Trinajstić information content (AvgIpc) is 3.73. The van der Waals surface area contributed by atoms with E-state index in [4.69, 9.17) is 35.6 Å². The Hall–Kier alpha value is -3.85. The Bertz CT molecular complexity index is 1630. The van der Waals surface area contributed by atoms with Gasteiger partial charge in [0.2, 0.25) is 5.95 Å². The molecule has 15 heteroatoms. The Morgan fingerprint density at radius 1 is 1.02 bits per heavy atom. The highest BCUT2D eigenvalue weighted by molar-refractivity contribution is 6.32. The normalized spacial score (nSPS) is 23.9. The topological polar surface area (TPSA) is 139 Å². The van der Waals surface area contributed by atoms with E-state index in [0.29, 0.717) is 53.8 Å². The lowest BCUT2D eigenvalue weighted by Crippen LogP contribution is -2.51. The second-order valence-corrected chi connectivity index (χ2v) is 14.0. The van der Waals surface area contributed by atoms with E-state index in [9.17, 15) is 0 Å². The molecule has 7 rings (SSSR count). The van der Waals surface area contributed by atoms with Crippen molar-refractivity contribution >= 4 is 23.2 Å². The Kier molecular flexibility index (Phi) is 10.5. The molecule has 49 heavy (non-hydrogen) atoms. The lowest BCUT2D eigenvalue weighted by Gasteiger charge is -2.42. The van der Waals surface area contributed by atoms with Gasteiger partial charge in [0, 0.05) is 43.0 Å². The van der Waals surface area contributed by atoms with Crippen molar-refractivity contribution < 1.29 is 18.9 Å². The van der Waals surface area contributed by atoms with Crippen LogP contribution < -0.4 is 14.8 Å². The maximum atomic E-state index is 6.47. The molecule has 14 nitrogen and oxygen atoms in total. The van der Waals surface area contributed by atoms with E-state index in [1.165, 1.54) is 0 Å². The first-order valence-corrected chi connectivity index (χ1v) is 17.7. The molecule has 3 aliphatic rings.